The highest BCUT2D eigenvalue weighted by molar-refractivity contribution is 4.84. The molecule has 0 saturated carbocycles. The van der Waals surface area contributed by atoms with Crippen LogP contribution in [0, 0.1) is 5.92 Å². The Morgan fingerprint density at radius 1 is 1.36 bits per heavy atom. The van der Waals surface area contributed by atoms with Crippen LogP contribution in [-0.4, -0.2) is 37.2 Å². The maximum absolute atomic E-state index is 5.40. The van der Waals surface area contributed by atoms with Crippen molar-refractivity contribution in [3.05, 3.63) is 0 Å². The van der Waals surface area contributed by atoms with E-state index in [1.807, 2.05) is 0 Å². The molecular formula is C9H17NO. The van der Waals surface area contributed by atoms with Gasteiger partial charge in [0.05, 0.1) is 6.61 Å². The molecule has 0 radical (unpaired) electrons. The Labute approximate surface area is 68.5 Å². The second-order valence-electron chi connectivity index (χ2n) is 3.80. The van der Waals surface area contributed by atoms with Crippen molar-refractivity contribution in [3.8, 4) is 0 Å². The lowest BCUT2D eigenvalue weighted by atomic mass is 9.94. The summed E-state index contributed by atoms with van der Waals surface area (Å²) in [6.45, 7) is 6.92. The van der Waals surface area contributed by atoms with Crippen LogP contribution in [0.3, 0.4) is 0 Å². The molecule has 0 amide bonds. The molecule has 2 fully saturated rings. The average Bonchev–Trinajstić information content (AvgIpc) is 1.90. The molecule has 2 saturated heterocycles. The number of hydrogen-bond acceptors (Lipinski definition) is 2. The van der Waals surface area contributed by atoms with Crippen molar-refractivity contribution in [2.24, 2.45) is 5.92 Å². The second-order valence-corrected chi connectivity index (χ2v) is 3.80. The van der Waals surface area contributed by atoms with Crippen LogP contribution in [0.15, 0.2) is 0 Å². The van der Waals surface area contributed by atoms with Gasteiger partial charge in [-0.05, 0) is 31.8 Å². The fraction of sp³-hybridized carbons (Fsp3) is 1.00. The molecule has 2 heterocycles. The number of hydrogen-bond donors (Lipinski definition) is 0. The molecule has 2 heteroatoms. The fourth-order valence-corrected chi connectivity index (χ4v) is 2.08. The monoisotopic (exact) mass is 155 g/mol. The molecule has 0 aliphatic carbocycles. The topological polar surface area (TPSA) is 12.5 Å². The zero-order chi connectivity index (χ0) is 7.68. The normalized spacial score (nSPS) is 40.1. The molecule has 0 N–H and O–H groups in total. The van der Waals surface area contributed by atoms with Crippen LogP contribution in [0.2, 0.25) is 0 Å². The Hall–Kier alpha value is -0.0800. The van der Waals surface area contributed by atoms with E-state index in [2.05, 4.69) is 11.8 Å². The zero-order valence-electron chi connectivity index (χ0n) is 7.25. The summed E-state index contributed by atoms with van der Waals surface area (Å²) in [5.41, 5.74) is 0. The maximum atomic E-state index is 5.40. The van der Waals surface area contributed by atoms with Crippen LogP contribution in [-0.2, 0) is 4.74 Å². The molecule has 2 atom stereocenters. The Morgan fingerprint density at radius 3 is 2.73 bits per heavy atom. The number of likely N-dealkylation sites (tertiary alicyclic amines) is 1. The van der Waals surface area contributed by atoms with Gasteiger partial charge in [-0.1, -0.05) is 6.92 Å². The van der Waals surface area contributed by atoms with Gasteiger partial charge in [0.2, 0.25) is 0 Å². The predicted octanol–water partition coefficient (Wildman–Crippen LogP) is 1.12. The molecule has 64 valence electrons. The lowest BCUT2D eigenvalue weighted by molar-refractivity contribution is -0.0262. The van der Waals surface area contributed by atoms with Crippen molar-refractivity contribution in [1.82, 2.24) is 4.90 Å². The van der Waals surface area contributed by atoms with E-state index in [9.17, 15) is 0 Å². The average molecular weight is 155 g/mol. The van der Waals surface area contributed by atoms with Crippen molar-refractivity contribution in [2.75, 3.05) is 26.3 Å². The van der Waals surface area contributed by atoms with Crippen LogP contribution in [0.1, 0.15) is 19.8 Å². The van der Waals surface area contributed by atoms with Crippen LogP contribution in [0.5, 0.6) is 0 Å². The van der Waals surface area contributed by atoms with E-state index in [1.54, 1.807) is 0 Å². The third-order valence-corrected chi connectivity index (χ3v) is 2.96. The molecule has 0 aromatic carbocycles. The van der Waals surface area contributed by atoms with E-state index >= 15 is 0 Å². The van der Waals surface area contributed by atoms with E-state index < -0.39 is 0 Å². The third-order valence-electron chi connectivity index (χ3n) is 2.96. The van der Waals surface area contributed by atoms with Crippen LogP contribution < -0.4 is 0 Å². The second kappa shape index (κ2) is 3.11. The van der Waals surface area contributed by atoms with Gasteiger partial charge in [0.25, 0.3) is 0 Å². The predicted molar refractivity (Wildman–Crippen MR) is 44.6 cm³/mol. The maximum Gasteiger partial charge on any atom is 0.0506 e. The van der Waals surface area contributed by atoms with Gasteiger partial charge in [0.15, 0.2) is 0 Å². The molecule has 11 heavy (non-hydrogen) atoms. The Balaban J connectivity index is 1.88. The first-order valence-corrected chi connectivity index (χ1v) is 4.70. The zero-order valence-corrected chi connectivity index (χ0v) is 7.25. The minimum absolute atomic E-state index is 0.754. The highest BCUT2D eigenvalue weighted by Crippen LogP contribution is 2.23. The van der Waals surface area contributed by atoms with Crippen LogP contribution >= 0.6 is 0 Å². The number of rotatable bonds is 1. The molecule has 0 bridgehead atoms. The first-order chi connectivity index (χ1) is 5.38. The van der Waals surface area contributed by atoms with Crippen molar-refractivity contribution >= 4 is 0 Å². The summed E-state index contributed by atoms with van der Waals surface area (Å²) in [5, 5.41) is 0. The molecule has 2 rings (SSSR count). The third kappa shape index (κ3) is 1.42. The van der Waals surface area contributed by atoms with Gasteiger partial charge in [-0.2, -0.15) is 0 Å². The van der Waals surface area contributed by atoms with E-state index in [-0.39, 0.29) is 0 Å². The van der Waals surface area contributed by atoms with E-state index in [4.69, 9.17) is 4.74 Å². The van der Waals surface area contributed by atoms with Gasteiger partial charge in [-0.15, -0.1) is 0 Å². The van der Waals surface area contributed by atoms with Gasteiger partial charge in [-0.3, -0.25) is 4.90 Å². The first-order valence-electron chi connectivity index (χ1n) is 4.70. The molecule has 2 nitrogen and oxygen atoms in total. The number of ether oxygens (including phenoxy) is 1. The highest BCUT2D eigenvalue weighted by Gasteiger charge is 2.30. The van der Waals surface area contributed by atoms with Crippen molar-refractivity contribution in [1.29, 1.82) is 0 Å². The van der Waals surface area contributed by atoms with Crippen LogP contribution in [0.4, 0.5) is 0 Å². The van der Waals surface area contributed by atoms with Crippen molar-refractivity contribution < 1.29 is 4.74 Å². The molecule has 2 unspecified atom stereocenters. The van der Waals surface area contributed by atoms with Gasteiger partial charge >= 0.3 is 0 Å². The minimum atomic E-state index is 0.754. The van der Waals surface area contributed by atoms with Gasteiger partial charge in [0.1, 0.15) is 0 Å². The molecule has 2 aliphatic heterocycles. The quantitative estimate of drug-likeness (QED) is 0.562. The Kier molecular flexibility index (Phi) is 2.14. The smallest absolute Gasteiger partial charge is 0.0506 e. The summed E-state index contributed by atoms with van der Waals surface area (Å²) < 4.78 is 5.40. The fourth-order valence-electron chi connectivity index (χ4n) is 2.08. The van der Waals surface area contributed by atoms with E-state index in [0.717, 1.165) is 25.2 Å². The molecule has 0 aromatic rings. The van der Waals surface area contributed by atoms with Gasteiger partial charge in [0, 0.05) is 12.6 Å². The first kappa shape index (κ1) is 7.56. The lowest BCUT2D eigenvalue weighted by Gasteiger charge is -2.43. The Bertz CT molecular complexity index is 132. The molecular weight excluding hydrogens is 138 g/mol. The highest BCUT2D eigenvalue weighted by atomic mass is 16.5. The summed E-state index contributed by atoms with van der Waals surface area (Å²) in [4.78, 5) is 2.60. The van der Waals surface area contributed by atoms with Crippen LogP contribution in [0.25, 0.3) is 0 Å². The summed E-state index contributed by atoms with van der Waals surface area (Å²) in [7, 11) is 0. The van der Waals surface area contributed by atoms with Gasteiger partial charge in [-0.25, -0.2) is 0 Å². The summed E-state index contributed by atoms with van der Waals surface area (Å²) in [6, 6.07) is 0.831. The Morgan fingerprint density at radius 2 is 2.18 bits per heavy atom. The number of nitrogens with zero attached hydrogens (tertiary/aromatic N) is 1. The standard InChI is InChI=1S/C9H17NO/c1-8-7-11-6-3-9(8)10-4-2-5-10/h8-9H,2-7H2,1H3. The van der Waals surface area contributed by atoms with Gasteiger partial charge < -0.3 is 4.74 Å². The SMILES string of the molecule is CC1COCCC1N1CCC1. The minimum Gasteiger partial charge on any atom is -0.381 e. The summed E-state index contributed by atoms with van der Waals surface area (Å²) in [6.07, 6.45) is 2.66. The van der Waals surface area contributed by atoms with Crippen molar-refractivity contribution in [2.45, 2.75) is 25.8 Å². The largest absolute Gasteiger partial charge is 0.381 e. The summed E-state index contributed by atoms with van der Waals surface area (Å²) >= 11 is 0. The summed E-state index contributed by atoms with van der Waals surface area (Å²) in [5.74, 6) is 0.754. The lowest BCUT2D eigenvalue weighted by Crippen LogP contribution is -2.51. The van der Waals surface area contributed by atoms with E-state index in [1.165, 1.54) is 25.9 Å². The molecule has 0 aromatic heterocycles. The van der Waals surface area contributed by atoms with E-state index in [0.29, 0.717) is 0 Å². The van der Waals surface area contributed by atoms with Crippen molar-refractivity contribution in [3.63, 3.8) is 0 Å². The molecule has 2 aliphatic rings. The molecule has 0 spiro atoms.